The fraction of sp³-hybridized carbons (Fsp3) is 0.818. The summed E-state index contributed by atoms with van der Waals surface area (Å²) < 4.78 is 4.79. The third-order valence-electron chi connectivity index (χ3n) is 2.44. The second kappa shape index (κ2) is 6.78. The van der Waals surface area contributed by atoms with Crippen LogP contribution in [-0.4, -0.2) is 47.5 Å². The molecule has 1 aliphatic heterocycles. The van der Waals surface area contributed by atoms with Crippen LogP contribution >= 0.6 is 11.8 Å². The number of hydrogen-bond donors (Lipinski definition) is 0. The lowest BCUT2D eigenvalue weighted by molar-refractivity contribution is -0.145. The minimum absolute atomic E-state index is 0.0696. The van der Waals surface area contributed by atoms with Gasteiger partial charge in [0.2, 0.25) is 5.91 Å². The van der Waals surface area contributed by atoms with Crippen LogP contribution in [0.5, 0.6) is 0 Å². The maximum Gasteiger partial charge on any atom is 0.306 e. The molecule has 1 unspecified atom stereocenters. The fourth-order valence-electron chi connectivity index (χ4n) is 1.65. The molecule has 0 saturated carbocycles. The van der Waals surface area contributed by atoms with E-state index >= 15 is 0 Å². The lowest BCUT2D eigenvalue weighted by Crippen LogP contribution is -2.41. The molecule has 0 aromatic carbocycles. The van der Waals surface area contributed by atoms with E-state index < -0.39 is 0 Å². The maximum absolute atomic E-state index is 11.8. The Hall–Kier alpha value is -0.710. The van der Waals surface area contributed by atoms with E-state index in [9.17, 15) is 9.59 Å². The maximum atomic E-state index is 11.8. The second-order valence-electron chi connectivity index (χ2n) is 3.83. The van der Waals surface area contributed by atoms with Gasteiger partial charge in [-0.05, 0) is 6.92 Å². The molecule has 1 saturated heterocycles. The average Bonchev–Trinajstić information content (AvgIpc) is 2.26. The lowest BCUT2D eigenvalue weighted by atomic mass is 10.2. The minimum Gasteiger partial charge on any atom is -0.466 e. The normalized spacial score (nSPS) is 20.6. The summed E-state index contributed by atoms with van der Waals surface area (Å²) in [6, 6.07) is 0. The van der Waals surface area contributed by atoms with Crippen molar-refractivity contribution in [2.24, 2.45) is 0 Å². The predicted molar refractivity (Wildman–Crippen MR) is 64.4 cm³/mol. The molecule has 0 aliphatic carbocycles. The minimum atomic E-state index is -0.282. The lowest BCUT2D eigenvalue weighted by Gasteiger charge is -2.30. The molecule has 1 rings (SSSR count). The summed E-state index contributed by atoms with van der Waals surface area (Å²) in [5, 5.41) is 0.500. The number of rotatable bonds is 4. The van der Waals surface area contributed by atoms with Gasteiger partial charge in [0.25, 0.3) is 0 Å². The fourth-order valence-corrected chi connectivity index (χ4v) is 2.66. The van der Waals surface area contributed by atoms with Crippen LogP contribution < -0.4 is 0 Å². The molecule has 5 heteroatoms. The van der Waals surface area contributed by atoms with Gasteiger partial charge in [-0.1, -0.05) is 6.92 Å². The number of carbonyl (C=O) groups excluding carboxylic acids is 2. The van der Waals surface area contributed by atoms with Crippen LogP contribution in [0.25, 0.3) is 0 Å². The highest BCUT2D eigenvalue weighted by Gasteiger charge is 2.21. The first-order valence-corrected chi connectivity index (χ1v) is 6.73. The Morgan fingerprint density at radius 2 is 2.19 bits per heavy atom. The molecule has 0 bridgehead atoms. The van der Waals surface area contributed by atoms with E-state index in [1.54, 1.807) is 6.92 Å². The summed E-state index contributed by atoms with van der Waals surface area (Å²) in [6.07, 6.45) is 0.473. The largest absolute Gasteiger partial charge is 0.466 e. The molecule has 1 heterocycles. The number of amides is 1. The van der Waals surface area contributed by atoms with Crippen molar-refractivity contribution in [1.29, 1.82) is 0 Å². The van der Waals surface area contributed by atoms with Crippen molar-refractivity contribution in [1.82, 2.24) is 4.90 Å². The van der Waals surface area contributed by atoms with Crippen molar-refractivity contribution in [3.8, 4) is 0 Å². The molecule has 16 heavy (non-hydrogen) atoms. The molecule has 1 atom stereocenters. The average molecular weight is 245 g/mol. The number of hydrogen-bond acceptors (Lipinski definition) is 4. The molecular formula is C11H19NO3S. The van der Waals surface area contributed by atoms with Gasteiger partial charge in [0.05, 0.1) is 13.0 Å². The Morgan fingerprint density at radius 1 is 1.44 bits per heavy atom. The van der Waals surface area contributed by atoms with Crippen molar-refractivity contribution in [3.05, 3.63) is 0 Å². The molecule has 0 spiro atoms. The number of ether oxygens (including phenoxy) is 1. The monoisotopic (exact) mass is 245 g/mol. The highest BCUT2D eigenvalue weighted by atomic mass is 32.2. The zero-order valence-electron chi connectivity index (χ0n) is 9.90. The molecule has 1 aliphatic rings. The second-order valence-corrected chi connectivity index (χ2v) is 5.37. The first-order valence-electron chi connectivity index (χ1n) is 5.68. The van der Waals surface area contributed by atoms with E-state index in [1.807, 2.05) is 16.7 Å². The zero-order valence-corrected chi connectivity index (χ0v) is 10.7. The van der Waals surface area contributed by atoms with Gasteiger partial charge in [-0.25, -0.2) is 0 Å². The Morgan fingerprint density at radius 3 is 2.81 bits per heavy atom. The van der Waals surface area contributed by atoms with E-state index in [0.717, 1.165) is 18.8 Å². The number of esters is 1. The van der Waals surface area contributed by atoms with Gasteiger partial charge in [0.1, 0.15) is 0 Å². The topological polar surface area (TPSA) is 46.6 Å². The van der Waals surface area contributed by atoms with Crippen LogP contribution in [0.15, 0.2) is 0 Å². The molecule has 0 N–H and O–H groups in total. The van der Waals surface area contributed by atoms with Crippen LogP contribution in [-0.2, 0) is 14.3 Å². The highest BCUT2D eigenvalue weighted by molar-refractivity contribution is 7.99. The van der Waals surface area contributed by atoms with Crippen LogP contribution in [0.4, 0.5) is 0 Å². The molecule has 0 aromatic rings. The van der Waals surface area contributed by atoms with Crippen LogP contribution in [0.3, 0.4) is 0 Å². The molecule has 4 nitrogen and oxygen atoms in total. The molecule has 1 amide bonds. The smallest absolute Gasteiger partial charge is 0.306 e. The van der Waals surface area contributed by atoms with Gasteiger partial charge in [0, 0.05) is 30.5 Å². The summed E-state index contributed by atoms with van der Waals surface area (Å²) in [6.45, 7) is 5.87. The zero-order chi connectivity index (χ0) is 12.0. The molecule has 0 aromatic heterocycles. The summed E-state index contributed by atoms with van der Waals surface area (Å²) in [5.41, 5.74) is 0. The molecule has 0 radical (unpaired) electrons. The third-order valence-corrected chi connectivity index (χ3v) is 3.58. The quantitative estimate of drug-likeness (QED) is 0.700. The summed E-state index contributed by atoms with van der Waals surface area (Å²) in [5.74, 6) is 0.780. The number of nitrogens with zero attached hydrogens (tertiary/aromatic N) is 1. The Kier molecular flexibility index (Phi) is 5.66. The highest BCUT2D eigenvalue weighted by Crippen LogP contribution is 2.18. The standard InChI is InChI=1S/C11H19NO3S/c1-3-15-11(14)5-4-10(13)12-6-7-16-9(2)8-12/h9H,3-8H2,1-2H3. The SMILES string of the molecule is CCOC(=O)CCC(=O)N1CCSC(C)C1. The van der Waals surface area contributed by atoms with E-state index in [4.69, 9.17) is 4.74 Å². The van der Waals surface area contributed by atoms with Crippen LogP contribution in [0, 0.1) is 0 Å². The molecule has 1 fully saturated rings. The van der Waals surface area contributed by atoms with E-state index in [-0.39, 0.29) is 24.7 Å². The van der Waals surface area contributed by atoms with Crippen LogP contribution in [0.1, 0.15) is 26.7 Å². The van der Waals surface area contributed by atoms with Crippen LogP contribution in [0.2, 0.25) is 0 Å². The number of carbonyl (C=O) groups is 2. The van der Waals surface area contributed by atoms with Gasteiger partial charge in [-0.2, -0.15) is 11.8 Å². The van der Waals surface area contributed by atoms with Gasteiger partial charge in [-0.3, -0.25) is 9.59 Å². The van der Waals surface area contributed by atoms with Crippen molar-refractivity contribution >= 4 is 23.6 Å². The van der Waals surface area contributed by atoms with E-state index in [2.05, 4.69) is 6.92 Å². The van der Waals surface area contributed by atoms with Gasteiger partial charge < -0.3 is 9.64 Å². The Bertz CT molecular complexity index is 258. The molecule has 92 valence electrons. The van der Waals surface area contributed by atoms with E-state index in [0.29, 0.717) is 11.9 Å². The first kappa shape index (κ1) is 13.4. The Balaban J connectivity index is 2.26. The number of thioether (sulfide) groups is 1. The van der Waals surface area contributed by atoms with E-state index in [1.165, 1.54) is 0 Å². The third kappa shape index (κ3) is 4.43. The van der Waals surface area contributed by atoms with Crippen molar-refractivity contribution in [2.45, 2.75) is 31.9 Å². The molecular weight excluding hydrogens is 226 g/mol. The summed E-state index contributed by atoms with van der Waals surface area (Å²) in [7, 11) is 0. The first-order chi connectivity index (χ1) is 7.63. The summed E-state index contributed by atoms with van der Waals surface area (Å²) >= 11 is 1.89. The Labute approximate surface area is 101 Å². The van der Waals surface area contributed by atoms with Gasteiger partial charge >= 0.3 is 5.97 Å². The van der Waals surface area contributed by atoms with Crippen molar-refractivity contribution < 1.29 is 14.3 Å². The summed E-state index contributed by atoms with van der Waals surface area (Å²) in [4.78, 5) is 24.7. The van der Waals surface area contributed by atoms with Crippen molar-refractivity contribution in [2.75, 3.05) is 25.4 Å². The van der Waals surface area contributed by atoms with Gasteiger partial charge in [0.15, 0.2) is 0 Å². The predicted octanol–water partition coefficient (Wildman–Crippen LogP) is 1.29. The van der Waals surface area contributed by atoms with Crippen molar-refractivity contribution in [3.63, 3.8) is 0 Å². The van der Waals surface area contributed by atoms with Gasteiger partial charge in [-0.15, -0.1) is 0 Å².